The topological polar surface area (TPSA) is 65.8 Å². The maximum atomic E-state index is 12.1. The van der Waals surface area contributed by atoms with Gasteiger partial charge in [0.1, 0.15) is 6.07 Å². The number of para-hydroxylation sites is 1. The number of rotatable bonds is 1. The zero-order valence-electron chi connectivity index (χ0n) is 9.92. The van der Waals surface area contributed by atoms with Crippen LogP contribution >= 0.6 is 0 Å². The Hall–Kier alpha value is -2.93. The van der Waals surface area contributed by atoms with Crippen molar-refractivity contribution in [1.29, 1.82) is 5.26 Å². The van der Waals surface area contributed by atoms with Crippen molar-refractivity contribution in [3.05, 3.63) is 59.9 Å². The van der Waals surface area contributed by atoms with E-state index < -0.39 is 0 Å². The number of pyridine rings is 1. The van der Waals surface area contributed by atoms with Gasteiger partial charge in [-0.15, -0.1) is 0 Å². The SMILES string of the molecule is N#CC(=C1C(=O)Nc2ccccc21)c1ccccn1. The summed E-state index contributed by atoms with van der Waals surface area (Å²) in [6.07, 6.45) is 1.60. The van der Waals surface area contributed by atoms with E-state index in [2.05, 4.69) is 16.4 Å². The van der Waals surface area contributed by atoms with E-state index in [9.17, 15) is 10.1 Å². The number of carbonyl (C=O) groups excluding carboxylic acids is 1. The molecular weight excluding hydrogens is 238 g/mol. The minimum atomic E-state index is -0.261. The number of allylic oxidation sites excluding steroid dienone is 1. The first-order valence-electron chi connectivity index (χ1n) is 5.78. The number of anilines is 1. The van der Waals surface area contributed by atoms with Crippen LogP contribution in [0.1, 0.15) is 11.3 Å². The molecule has 0 saturated heterocycles. The molecule has 90 valence electrons. The summed E-state index contributed by atoms with van der Waals surface area (Å²) in [5.74, 6) is -0.261. The zero-order valence-corrected chi connectivity index (χ0v) is 9.92. The van der Waals surface area contributed by atoms with Gasteiger partial charge in [0.05, 0.1) is 16.8 Å². The predicted molar refractivity (Wildman–Crippen MR) is 71.7 cm³/mol. The predicted octanol–water partition coefficient (Wildman–Crippen LogP) is 2.47. The molecule has 0 bridgehead atoms. The lowest BCUT2D eigenvalue weighted by atomic mass is 9.99. The van der Waals surface area contributed by atoms with Gasteiger partial charge in [0.2, 0.25) is 0 Å². The molecule has 0 spiro atoms. The van der Waals surface area contributed by atoms with Crippen LogP contribution in [0.15, 0.2) is 48.7 Å². The Morgan fingerprint density at radius 3 is 2.68 bits per heavy atom. The molecule has 1 aromatic carbocycles. The molecule has 4 heteroatoms. The maximum absolute atomic E-state index is 12.1. The van der Waals surface area contributed by atoms with E-state index in [4.69, 9.17) is 0 Å². The number of nitrogens with one attached hydrogen (secondary N) is 1. The van der Waals surface area contributed by atoms with Crippen LogP contribution in [0.4, 0.5) is 5.69 Å². The second-order valence-corrected chi connectivity index (χ2v) is 4.08. The number of carbonyl (C=O) groups is 1. The Balaban J connectivity index is 2.27. The van der Waals surface area contributed by atoms with Gasteiger partial charge in [-0.1, -0.05) is 24.3 Å². The third kappa shape index (κ3) is 1.78. The van der Waals surface area contributed by atoms with E-state index in [-0.39, 0.29) is 5.91 Å². The van der Waals surface area contributed by atoms with Gasteiger partial charge in [0, 0.05) is 17.4 Å². The first-order valence-corrected chi connectivity index (χ1v) is 5.78. The lowest BCUT2D eigenvalue weighted by Gasteiger charge is -2.02. The Bertz CT molecular complexity index is 727. The molecule has 1 aliphatic rings. The number of nitrogens with zero attached hydrogens (tertiary/aromatic N) is 2. The van der Waals surface area contributed by atoms with Gasteiger partial charge in [0.15, 0.2) is 0 Å². The normalized spacial score (nSPS) is 15.4. The number of fused-ring (bicyclic) bond motifs is 1. The summed E-state index contributed by atoms with van der Waals surface area (Å²) >= 11 is 0. The van der Waals surface area contributed by atoms with Crippen molar-refractivity contribution in [1.82, 2.24) is 4.98 Å². The van der Waals surface area contributed by atoms with Crippen molar-refractivity contribution in [2.45, 2.75) is 0 Å². The highest BCUT2D eigenvalue weighted by atomic mass is 16.2. The lowest BCUT2D eigenvalue weighted by molar-refractivity contribution is -0.110. The number of amides is 1. The van der Waals surface area contributed by atoms with E-state index in [0.29, 0.717) is 16.8 Å². The van der Waals surface area contributed by atoms with E-state index in [0.717, 1.165) is 11.3 Å². The van der Waals surface area contributed by atoms with Crippen LogP contribution in [0.3, 0.4) is 0 Å². The highest BCUT2D eigenvalue weighted by Gasteiger charge is 2.28. The molecule has 0 atom stereocenters. The fourth-order valence-electron chi connectivity index (χ4n) is 2.12. The quantitative estimate of drug-likeness (QED) is 0.621. The van der Waals surface area contributed by atoms with Crippen molar-refractivity contribution in [2.75, 3.05) is 5.32 Å². The van der Waals surface area contributed by atoms with Gasteiger partial charge < -0.3 is 5.32 Å². The number of benzene rings is 1. The van der Waals surface area contributed by atoms with Crippen LogP contribution in [-0.2, 0) is 4.79 Å². The van der Waals surface area contributed by atoms with E-state index >= 15 is 0 Å². The number of hydrogen-bond acceptors (Lipinski definition) is 3. The molecular formula is C15H9N3O. The Labute approximate surface area is 110 Å². The molecule has 2 heterocycles. The lowest BCUT2D eigenvalue weighted by Crippen LogP contribution is -2.06. The summed E-state index contributed by atoms with van der Waals surface area (Å²) in [5, 5.41) is 12.1. The summed E-state index contributed by atoms with van der Waals surface area (Å²) < 4.78 is 0. The van der Waals surface area contributed by atoms with Crippen molar-refractivity contribution in [2.24, 2.45) is 0 Å². The zero-order chi connectivity index (χ0) is 13.2. The monoisotopic (exact) mass is 247 g/mol. The van der Waals surface area contributed by atoms with Gasteiger partial charge in [-0.05, 0) is 18.2 Å². The molecule has 2 aromatic rings. The minimum absolute atomic E-state index is 0.261. The maximum Gasteiger partial charge on any atom is 0.257 e. The second-order valence-electron chi connectivity index (χ2n) is 4.08. The van der Waals surface area contributed by atoms with Crippen LogP contribution in [0.5, 0.6) is 0 Å². The number of hydrogen-bond donors (Lipinski definition) is 1. The summed E-state index contributed by atoms with van der Waals surface area (Å²) in [6.45, 7) is 0. The Morgan fingerprint density at radius 2 is 1.95 bits per heavy atom. The molecule has 4 nitrogen and oxygen atoms in total. The summed E-state index contributed by atoms with van der Waals surface area (Å²) in [5.41, 5.74) is 2.66. The van der Waals surface area contributed by atoms with E-state index in [1.54, 1.807) is 24.4 Å². The molecule has 1 aliphatic heterocycles. The second kappa shape index (κ2) is 4.39. The van der Waals surface area contributed by atoms with E-state index in [1.807, 2.05) is 24.3 Å². The average molecular weight is 247 g/mol. The van der Waals surface area contributed by atoms with Crippen molar-refractivity contribution >= 4 is 22.7 Å². The number of nitriles is 1. The fraction of sp³-hybridized carbons (Fsp3) is 0. The molecule has 0 radical (unpaired) electrons. The van der Waals surface area contributed by atoms with Gasteiger partial charge in [-0.3, -0.25) is 9.78 Å². The molecule has 0 aliphatic carbocycles. The molecule has 1 amide bonds. The molecule has 1 aromatic heterocycles. The third-order valence-corrected chi connectivity index (χ3v) is 2.95. The highest BCUT2D eigenvalue weighted by molar-refractivity contribution is 6.37. The average Bonchev–Trinajstić information content (AvgIpc) is 2.78. The largest absolute Gasteiger partial charge is 0.321 e. The number of aromatic nitrogens is 1. The first-order chi connectivity index (χ1) is 9.31. The van der Waals surface area contributed by atoms with Crippen LogP contribution in [0.2, 0.25) is 0 Å². The smallest absolute Gasteiger partial charge is 0.257 e. The van der Waals surface area contributed by atoms with Gasteiger partial charge in [-0.25, -0.2) is 0 Å². The van der Waals surface area contributed by atoms with E-state index in [1.165, 1.54) is 0 Å². The van der Waals surface area contributed by atoms with Gasteiger partial charge in [-0.2, -0.15) is 5.26 Å². The molecule has 0 saturated carbocycles. The minimum Gasteiger partial charge on any atom is -0.321 e. The summed E-state index contributed by atoms with van der Waals surface area (Å²) in [6, 6.07) is 14.7. The Kier molecular flexibility index (Phi) is 2.58. The first kappa shape index (κ1) is 11.2. The van der Waals surface area contributed by atoms with Crippen LogP contribution in [0, 0.1) is 11.3 Å². The molecule has 19 heavy (non-hydrogen) atoms. The standard InChI is InChI=1S/C15H9N3O/c16-9-11(12-6-3-4-8-17-12)14-10-5-1-2-7-13(10)18-15(14)19/h1-8H,(H,18,19). The fourth-order valence-corrected chi connectivity index (χ4v) is 2.12. The van der Waals surface area contributed by atoms with Crippen LogP contribution in [-0.4, -0.2) is 10.9 Å². The summed E-state index contributed by atoms with van der Waals surface area (Å²) in [7, 11) is 0. The van der Waals surface area contributed by atoms with Gasteiger partial charge in [0.25, 0.3) is 5.91 Å². The van der Waals surface area contributed by atoms with Crippen LogP contribution < -0.4 is 5.32 Å². The molecule has 1 N–H and O–H groups in total. The van der Waals surface area contributed by atoms with Crippen molar-refractivity contribution in [3.63, 3.8) is 0 Å². The van der Waals surface area contributed by atoms with Crippen LogP contribution in [0.25, 0.3) is 11.1 Å². The third-order valence-electron chi connectivity index (χ3n) is 2.95. The van der Waals surface area contributed by atoms with Crippen molar-refractivity contribution < 1.29 is 4.79 Å². The molecule has 3 rings (SSSR count). The highest BCUT2D eigenvalue weighted by Crippen LogP contribution is 2.35. The van der Waals surface area contributed by atoms with Crippen molar-refractivity contribution in [3.8, 4) is 6.07 Å². The molecule has 0 fully saturated rings. The Morgan fingerprint density at radius 1 is 1.16 bits per heavy atom. The summed E-state index contributed by atoms with van der Waals surface area (Å²) in [4.78, 5) is 16.2. The molecule has 0 unspecified atom stereocenters. The van der Waals surface area contributed by atoms with Gasteiger partial charge >= 0.3 is 0 Å².